The van der Waals surface area contributed by atoms with Crippen molar-refractivity contribution >= 4 is 28.4 Å². The molecule has 3 rings (SSSR count). The second-order valence-electron chi connectivity index (χ2n) is 4.53. The highest BCUT2D eigenvalue weighted by Crippen LogP contribution is 2.27. The van der Waals surface area contributed by atoms with Crippen LogP contribution >= 0.6 is 11.6 Å². The molecular weight excluding hydrogens is 279 g/mol. The van der Waals surface area contributed by atoms with Gasteiger partial charge in [0.1, 0.15) is 11.4 Å². The average Bonchev–Trinajstić information content (AvgIpc) is 2.75. The number of carbonyl (C=O) groups is 1. The van der Waals surface area contributed by atoms with Crippen molar-refractivity contribution in [1.29, 1.82) is 0 Å². The van der Waals surface area contributed by atoms with E-state index in [-0.39, 0.29) is 11.5 Å². The van der Waals surface area contributed by atoms with Crippen LogP contribution in [0.1, 0.15) is 21.7 Å². The van der Waals surface area contributed by atoms with Crippen molar-refractivity contribution in [1.82, 2.24) is 0 Å². The van der Waals surface area contributed by atoms with Gasteiger partial charge in [-0.2, -0.15) is 0 Å². The maximum atomic E-state index is 13.2. The number of rotatable bonds is 2. The number of halogens is 2. The van der Waals surface area contributed by atoms with Gasteiger partial charge in [-0.15, -0.1) is 0 Å². The zero-order valence-electron chi connectivity index (χ0n) is 10.6. The van der Waals surface area contributed by atoms with Gasteiger partial charge in [0.25, 0.3) is 0 Å². The molecule has 0 amide bonds. The van der Waals surface area contributed by atoms with Crippen LogP contribution in [0.3, 0.4) is 0 Å². The molecule has 0 saturated carbocycles. The van der Waals surface area contributed by atoms with E-state index in [1.165, 1.54) is 12.1 Å². The third kappa shape index (κ3) is 2.10. The number of benzene rings is 2. The third-order valence-corrected chi connectivity index (χ3v) is 3.46. The molecule has 20 heavy (non-hydrogen) atoms. The van der Waals surface area contributed by atoms with Gasteiger partial charge in [-0.25, -0.2) is 4.39 Å². The molecule has 1 aromatic heterocycles. The van der Waals surface area contributed by atoms with Crippen LogP contribution in [-0.4, -0.2) is 5.78 Å². The lowest BCUT2D eigenvalue weighted by Gasteiger charge is -1.99. The molecule has 100 valence electrons. The number of carbonyl (C=O) groups excluding carboxylic acids is 1. The molecule has 2 aromatic carbocycles. The van der Waals surface area contributed by atoms with Gasteiger partial charge in [0.15, 0.2) is 5.76 Å². The third-order valence-electron chi connectivity index (χ3n) is 3.21. The van der Waals surface area contributed by atoms with Gasteiger partial charge in [-0.3, -0.25) is 4.79 Å². The second-order valence-corrected chi connectivity index (χ2v) is 4.97. The van der Waals surface area contributed by atoms with E-state index in [9.17, 15) is 9.18 Å². The molecule has 0 N–H and O–H groups in total. The zero-order valence-corrected chi connectivity index (χ0v) is 11.4. The summed E-state index contributed by atoms with van der Waals surface area (Å²) in [7, 11) is 0. The second kappa shape index (κ2) is 4.76. The molecule has 1 heterocycles. The summed E-state index contributed by atoms with van der Waals surface area (Å²) in [6.07, 6.45) is 0. The molecule has 0 spiro atoms. The lowest BCUT2D eigenvalue weighted by Crippen LogP contribution is -2.00. The molecule has 0 unspecified atom stereocenters. The lowest BCUT2D eigenvalue weighted by atomic mass is 10.0. The maximum absolute atomic E-state index is 13.2. The minimum atomic E-state index is -0.392. The van der Waals surface area contributed by atoms with Crippen LogP contribution in [0, 0.1) is 12.7 Å². The first-order chi connectivity index (χ1) is 9.56. The number of aryl methyl sites for hydroxylation is 1. The van der Waals surface area contributed by atoms with Crippen LogP contribution in [0.15, 0.2) is 46.9 Å². The highest BCUT2D eigenvalue weighted by Gasteiger charge is 2.19. The first-order valence-electron chi connectivity index (χ1n) is 6.05. The average molecular weight is 289 g/mol. The van der Waals surface area contributed by atoms with Crippen molar-refractivity contribution < 1.29 is 13.6 Å². The molecule has 2 nitrogen and oxygen atoms in total. The largest absolute Gasteiger partial charge is 0.452 e. The zero-order chi connectivity index (χ0) is 14.3. The fraction of sp³-hybridized carbons (Fsp3) is 0.0625. The smallest absolute Gasteiger partial charge is 0.228 e. The molecule has 0 bridgehead atoms. The number of furan rings is 1. The van der Waals surface area contributed by atoms with Crippen molar-refractivity contribution in [2.45, 2.75) is 6.92 Å². The first-order valence-corrected chi connectivity index (χ1v) is 6.43. The Bertz CT molecular complexity index is 803. The first kappa shape index (κ1) is 12.9. The molecule has 0 aliphatic heterocycles. The molecule has 0 saturated heterocycles. The summed E-state index contributed by atoms with van der Waals surface area (Å²) in [5, 5.41) is 1.30. The summed E-state index contributed by atoms with van der Waals surface area (Å²) in [4.78, 5) is 12.4. The van der Waals surface area contributed by atoms with Crippen molar-refractivity contribution in [3.05, 3.63) is 70.2 Å². The molecule has 0 aliphatic carbocycles. The highest BCUT2D eigenvalue weighted by atomic mass is 35.5. The standard InChI is InChI=1S/C16H10ClFO2/c1-9-13-7-6-12(18)8-14(13)20-16(9)15(19)10-2-4-11(17)5-3-10/h2-8H,1H3. The molecule has 3 aromatic rings. The number of ketones is 1. The summed E-state index contributed by atoms with van der Waals surface area (Å²) in [6, 6.07) is 10.8. The molecular formula is C16H10ClFO2. The maximum Gasteiger partial charge on any atom is 0.228 e. The van der Waals surface area contributed by atoms with Gasteiger partial charge < -0.3 is 4.42 Å². The monoisotopic (exact) mass is 288 g/mol. The minimum Gasteiger partial charge on any atom is -0.452 e. The Morgan fingerprint density at radius 3 is 2.55 bits per heavy atom. The van der Waals surface area contributed by atoms with Gasteiger partial charge >= 0.3 is 0 Å². The predicted octanol–water partition coefficient (Wildman–Crippen LogP) is 4.76. The van der Waals surface area contributed by atoms with E-state index in [0.717, 1.165) is 5.39 Å². The van der Waals surface area contributed by atoms with Crippen molar-refractivity contribution in [3.63, 3.8) is 0 Å². The van der Waals surface area contributed by atoms with E-state index < -0.39 is 5.82 Å². The normalized spacial score (nSPS) is 10.9. The Morgan fingerprint density at radius 2 is 1.85 bits per heavy atom. The Labute approximate surface area is 119 Å². The van der Waals surface area contributed by atoms with Gasteiger partial charge in [0.2, 0.25) is 5.78 Å². The lowest BCUT2D eigenvalue weighted by molar-refractivity contribution is 0.101. The Morgan fingerprint density at radius 1 is 1.15 bits per heavy atom. The van der Waals surface area contributed by atoms with E-state index in [1.54, 1.807) is 37.3 Å². The quantitative estimate of drug-likeness (QED) is 0.636. The van der Waals surface area contributed by atoms with Crippen LogP contribution < -0.4 is 0 Å². The molecule has 0 atom stereocenters. The van der Waals surface area contributed by atoms with E-state index in [4.69, 9.17) is 16.0 Å². The Balaban J connectivity index is 2.12. The molecule has 0 fully saturated rings. The number of hydrogen-bond donors (Lipinski definition) is 0. The Kier molecular flexibility index (Phi) is 3.07. The van der Waals surface area contributed by atoms with Crippen molar-refractivity contribution in [2.24, 2.45) is 0 Å². The predicted molar refractivity (Wildman–Crippen MR) is 75.8 cm³/mol. The van der Waals surface area contributed by atoms with Gasteiger partial charge in [0, 0.05) is 27.6 Å². The van der Waals surface area contributed by atoms with E-state index in [2.05, 4.69) is 0 Å². The molecule has 0 aliphatic rings. The molecule has 4 heteroatoms. The van der Waals surface area contributed by atoms with Crippen molar-refractivity contribution in [2.75, 3.05) is 0 Å². The molecule has 0 radical (unpaired) electrons. The fourth-order valence-electron chi connectivity index (χ4n) is 2.15. The van der Waals surface area contributed by atoms with Crippen molar-refractivity contribution in [3.8, 4) is 0 Å². The fourth-order valence-corrected chi connectivity index (χ4v) is 2.27. The van der Waals surface area contributed by atoms with Gasteiger partial charge in [-0.1, -0.05) is 11.6 Å². The summed E-state index contributed by atoms with van der Waals surface area (Å²) < 4.78 is 18.7. The summed E-state index contributed by atoms with van der Waals surface area (Å²) in [6.45, 7) is 1.78. The number of hydrogen-bond acceptors (Lipinski definition) is 2. The van der Waals surface area contributed by atoms with Gasteiger partial charge in [-0.05, 0) is 43.3 Å². The van der Waals surface area contributed by atoms with Crippen LogP contribution in [0.4, 0.5) is 4.39 Å². The van der Waals surface area contributed by atoms with Crippen LogP contribution in [0.5, 0.6) is 0 Å². The van der Waals surface area contributed by atoms with Crippen LogP contribution in [0.2, 0.25) is 5.02 Å². The van der Waals surface area contributed by atoms with Crippen LogP contribution in [-0.2, 0) is 0 Å². The minimum absolute atomic E-state index is 0.230. The number of fused-ring (bicyclic) bond motifs is 1. The van der Waals surface area contributed by atoms with E-state index in [1.807, 2.05) is 0 Å². The highest BCUT2D eigenvalue weighted by molar-refractivity contribution is 6.30. The van der Waals surface area contributed by atoms with Gasteiger partial charge in [0.05, 0.1) is 0 Å². The Hall–Kier alpha value is -2.13. The van der Waals surface area contributed by atoms with E-state index in [0.29, 0.717) is 21.7 Å². The SMILES string of the molecule is Cc1c(C(=O)c2ccc(Cl)cc2)oc2cc(F)ccc12. The topological polar surface area (TPSA) is 30.2 Å². The summed E-state index contributed by atoms with van der Waals surface area (Å²) >= 11 is 5.80. The summed E-state index contributed by atoms with van der Waals surface area (Å²) in [5.41, 5.74) is 1.57. The van der Waals surface area contributed by atoms with Crippen LogP contribution in [0.25, 0.3) is 11.0 Å². The van der Waals surface area contributed by atoms with E-state index >= 15 is 0 Å². The summed E-state index contributed by atoms with van der Waals surface area (Å²) in [5.74, 6) is -0.402.